The van der Waals surface area contributed by atoms with Crippen LogP contribution in [0.25, 0.3) is 0 Å². The van der Waals surface area contributed by atoms with E-state index in [0.717, 1.165) is 31.4 Å². The Labute approximate surface area is 148 Å². The largest absolute Gasteiger partial charge is 0.493 e. The summed E-state index contributed by atoms with van der Waals surface area (Å²) in [5.41, 5.74) is 3.29. The van der Waals surface area contributed by atoms with Gasteiger partial charge in [0.25, 0.3) is 0 Å². The Bertz CT molecular complexity index is 811. The molecule has 1 fully saturated rings. The summed E-state index contributed by atoms with van der Waals surface area (Å²) < 4.78 is 10.7. The first-order valence-electron chi connectivity index (χ1n) is 8.76. The van der Waals surface area contributed by atoms with Crippen LogP contribution in [0.3, 0.4) is 0 Å². The minimum Gasteiger partial charge on any atom is -0.493 e. The van der Waals surface area contributed by atoms with Gasteiger partial charge in [0, 0.05) is 13.1 Å². The maximum absolute atomic E-state index is 13.3. The van der Waals surface area contributed by atoms with E-state index in [1.54, 1.807) is 14.2 Å². The number of carbonyl (C=O) groups is 1. The number of rotatable bonds is 4. The summed E-state index contributed by atoms with van der Waals surface area (Å²) in [4.78, 5) is 15.3. The molecule has 1 aliphatic carbocycles. The van der Waals surface area contributed by atoms with E-state index >= 15 is 0 Å². The van der Waals surface area contributed by atoms with Crippen molar-refractivity contribution >= 4 is 5.91 Å². The van der Waals surface area contributed by atoms with Crippen molar-refractivity contribution < 1.29 is 14.3 Å². The van der Waals surface area contributed by atoms with Gasteiger partial charge >= 0.3 is 0 Å². The lowest BCUT2D eigenvalue weighted by Crippen LogP contribution is -2.42. The van der Waals surface area contributed by atoms with E-state index in [-0.39, 0.29) is 11.3 Å². The van der Waals surface area contributed by atoms with Crippen molar-refractivity contribution in [1.82, 2.24) is 4.90 Å². The smallest absolute Gasteiger partial charge is 0.233 e. The Morgan fingerprint density at radius 1 is 1.00 bits per heavy atom. The molecule has 4 heteroatoms. The number of fused-ring (bicyclic) bond motifs is 1. The minimum absolute atomic E-state index is 0.245. The summed E-state index contributed by atoms with van der Waals surface area (Å²) in [7, 11) is 3.26. The molecule has 0 atom stereocenters. The first-order valence-corrected chi connectivity index (χ1v) is 8.76. The fourth-order valence-electron chi connectivity index (χ4n) is 3.86. The van der Waals surface area contributed by atoms with Crippen LogP contribution in [0.1, 0.15) is 29.5 Å². The number of ether oxygens (including phenoxy) is 2. The molecular weight excluding hydrogens is 314 g/mol. The number of benzene rings is 2. The molecule has 1 amide bonds. The maximum Gasteiger partial charge on any atom is 0.233 e. The Balaban J connectivity index is 1.60. The predicted octanol–water partition coefficient (Wildman–Crippen LogP) is 3.32. The second-order valence-electron chi connectivity index (χ2n) is 6.90. The normalized spacial score (nSPS) is 17.6. The van der Waals surface area contributed by atoms with E-state index in [1.807, 2.05) is 29.2 Å². The fourth-order valence-corrected chi connectivity index (χ4v) is 3.86. The number of carbonyl (C=O) groups excluding carboxylic acids is 1. The third kappa shape index (κ3) is 2.66. The number of amides is 1. The molecule has 1 heterocycles. The van der Waals surface area contributed by atoms with Crippen LogP contribution in [0.15, 0.2) is 42.5 Å². The summed E-state index contributed by atoms with van der Waals surface area (Å²) in [5.74, 6) is 1.62. The molecule has 0 aromatic heterocycles. The summed E-state index contributed by atoms with van der Waals surface area (Å²) >= 11 is 0. The van der Waals surface area contributed by atoms with Gasteiger partial charge in [-0.05, 0) is 48.1 Å². The molecule has 0 unspecified atom stereocenters. The molecule has 0 spiro atoms. The topological polar surface area (TPSA) is 38.8 Å². The van der Waals surface area contributed by atoms with Gasteiger partial charge in [0.1, 0.15) is 0 Å². The van der Waals surface area contributed by atoms with Crippen molar-refractivity contribution in [1.29, 1.82) is 0 Å². The van der Waals surface area contributed by atoms with Crippen LogP contribution in [-0.4, -0.2) is 31.6 Å². The van der Waals surface area contributed by atoms with Crippen molar-refractivity contribution in [2.45, 2.75) is 31.2 Å². The van der Waals surface area contributed by atoms with Gasteiger partial charge in [0.15, 0.2) is 11.5 Å². The zero-order valence-corrected chi connectivity index (χ0v) is 14.7. The van der Waals surface area contributed by atoms with Crippen molar-refractivity contribution in [2.75, 3.05) is 20.8 Å². The molecule has 0 radical (unpaired) electrons. The highest BCUT2D eigenvalue weighted by atomic mass is 16.5. The van der Waals surface area contributed by atoms with Crippen molar-refractivity contribution in [2.24, 2.45) is 0 Å². The van der Waals surface area contributed by atoms with Gasteiger partial charge in [-0.3, -0.25) is 4.79 Å². The lowest BCUT2D eigenvalue weighted by Gasteiger charge is -2.32. The van der Waals surface area contributed by atoms with Gasteiger partial charge in [0.05, 0.1) is 19.6 Å². The van der Waals surface area contributed by atoms with Crippen LogP contribution in [0, 0.1) is 0 Å². The van der Waals surface area contributed by atoms with Crippen LogP contribution < -0.4 is 9.47 Å². The zero-order chi connectivity index (χ0) is 17.4. The van der Waals surface area contributed by atoms with Gasteiger partial charge in [0.2, 0.25) is 5.91 Å². The molecule has 2 aliphatic rings. The molecule has 4 rings (SSSR count). The highest BCUT2D eigenvalue weighted by molar-refractivity contribution is 5.91. The molecule has 25 heavy (non-hydrogen) atoms. The van der Waals surface area contributed by atoms with Crippen LogP contribution in [-0.2, 0) is 23.2 Å². The second kappa shape index (κ2) is 6.10. The molecular formula is C21H23NO3. The van der Waals surface area contributed by atoms with Crippen LogP contribution >= 0.6 is 0 Å². The molecule has 0 saturated heterocycles. The number of hydrogen-bond donors (Lipinski definition) is 0. The highest BCUT2D eigenvalue weighted by Crippen LogP contribution is 2.51. The number of hydrogen-bond acceptors (Lipinski definition) is 3. The van der Waals surface area contributed by atoms with Crippen LogP contribution in [0.4, 0.5) is 0 Å². The molecule has 1 saturated carbocycles. The number of methoxy groups -OCH3 is 2. The SMILES string of the molecule is COc1ccc(C2(C(=O)N3CCc4ccccc4C3)CC2)cc1OC. The molecule has 4 nitrogen and oxygen atoms in total. The van der Waals surface area contributed by atoms with E-state index < -0.39 is 0 Å². The molecule has 2 aromatic rings. The average molecular weight is 337 g/mol. The van der Waals surface area contributed by atoms with E-state index in [1.165, 1.54) is 11.1 Å². The third-order valence-electron chi connectivity index (χ3n) is 5.51. The van der Waals surface area contributed by atoms with Gasteiger partial charge in [-0.1, -0.05) is 30.3 Å². The Hall–Kier alpha value is -2.49. The van der Waals surface area contributed by atoms with Gasteiger partial charge in [-0.2, -0.15) is 0 Å². The van der Waals surface area contributed by atoms with Gasteiger partial charge in [-0.25, -0.2) is 0 Å². The summed E-state index contributed by atoms with van der Waals surface area (Å²) in [6, 6.07) is 14.3. The Morgan fingerprint density at radius 2 is 1.72 bits per heavy atom. The van der Waals surface area contributed by atoms with E-state index in [9.17, 15) is 4.79 Å². The summed E-state index contributed by atoms with van der Waals surface area (Å²) in [6.45, 7) is 1.51. The monoisotopic (exact) mass is 337 g/mol. The summed E-state index contributed by atoms with van der Waals surface area (Å²) in [6.07, 6.45) is 2.74. The first kappa shape index (κ1) is 16.0. The first-order chi connectivity index (χ1) is 12.2. The van der Waals surface area contributed by atoms with Crippen molar-refractivity contribution in [3.63, 3.8) is 0 Å². The third-order valence-corrected chi connectivity index (χ3v) is 5.51. The second-order valence-corrected chi connectivity index (χ2v) is 6.90. The van der Waals surface area contributed by atoms with E-state index in [2.05, 4.69) is 18.2 Å². The van der Waals surface area contributed by atoms with E-state index in [4.69, 9.17) is 9.47 Å². The lowest BCUT2D eigenvalue weighted by molar-refractivity contribution is -0.134. The quantitative estimate of drug-likeness (QED) is 0.859. The standard InChI is InChI=1S/C21H23NO3/c1-24-18-8-7-17(13-19(18)25-2)21(10-11-21)20(23)22-12-9-15-5-3-4-6-16(15)14-22/h3-8,13H,9-12,14H2,1-2H3. The van der Waals surface area contributed by atoms with E-state index in [0.29, 0.717) is 18.0 Å². The molecule has 2 aromatic carbocycles. The minimum atomic E-state index is -0.383. The Morgan fingerprint density at radius 3 is 2.40 bits per heavy atom. The predicted molar refractivity (Wildman–Crippen MR) is 96.0 cm³/mol. The zero-order valence-electron chi connectivity index (χ0n) is 14.7. The average Bonchev–Trinajstić information content (AvgIpc) is 3.48. The van der Waals surface area contributed by atoms with Gasteiger partial charge < -0.3 is 14.4 Å². The van der Waals surface area contributed by atoms with Crippen LogP contribution in [0.5, 0.6) is 11.5 Å². The molecule has 0 bridgehead atoms. The molecule has 1 aliphatic heterocycles. The maximum atomic E-state index is 13.3. The fraction of sp³-hybridized carbons (Fsp3) is 0.381. The lowest BCUT2D eigenvalue weighted by atomic mass is 9.92. The highest BCUT2D eigenvalue weighted by Gasteiger charge is 2.53. The molecule has 130 valence electrons. The van der Waals surface area contributed by atoms with Gasteiger partial charge in [-0.15, -0.1) is 0 Å². The summed E-state index contributed by atoms with van der Waals surface area (Å²) in [5, 5.41) is 0. The Kier molecular flexibility index (Phi) is 3.91. The molecule has 0 N–H and O–H groups in total. The number of nitrogens with zero attached hydrogens (tertiary/aromatic N) is 1. The van der Waals surface area contributed by atoms with Crippen molar-refractivity contribution in [3.8, 4) is 11.5 Å². The van der Waals surface area contributed by atoms with Crippen LogP contribution in [0.2, 0.25) is 0 Å². The van der Waals surface area contributed by atoms with Crippen molar-refractivity contribution in [3.05, 3.63) is 59.2 Å².